The van der Waals surface area contributed by atoms with Gasteiger partial charge in [-0.15, -0.1) is 11.3 Å². The molecule has 2 amide bonds. The van der Waals surface area contributed by atoms with E-state index >= 15 is 0 Å². The molecule has 0 aromatic carbocycles. The van der Waals surface area contributed by atoms with Crippen LogP contribution in [0.4, 0.5) is 0 Å². The van der Waals surface area contributed by atoms with Crippen molar-refractivity contribution in [1.29, 1.82) is 0 Å². The number of carbonyl (C=O) groups excluding carboxylic acids is 2. The molecule has 1 N–H and O–H groups in total. The van der Waals surface area contributed by atoms with Crippen molar-refractivity contribution in [2.24, 2.45) is 0 Å². The monoisotopic (exact) mass is 348 g/mol. The normalized spacial score (nSPS) is 15.5. The van der Waals surface area contributed by atoms with Crippen molar-refractivity contribution in [2.45, 2.75) is 6.92 Å². The van der Waals surface area contributed by atoms with Gasteiger partial charge >= 0.3 is 0 Å². The molecule has 0 aliphatic carbocycles. The van der Waals surface area contributed by atoms with Crippen LogP contribution in [0.3, 0.4) is 0 Å². The van der Waals surface area contributed by atoms with Crippen molar-refractivity contribution in [3.8, 4) is 0 Å². The van der Waals surface area contributed by atoms with Gasteiger partial charge in [-0.05, 0) is 18.4 Å². The summed E-state index contributed by atoms with van der Waals surface area (Å²) < 4.78 is 4.89. The van der Waals surface area contributed by atoms with Gasteiger partial charge in [0, 0.05) is 45.3 Å². The number of thiophene rings is 1. The molecule has 2 aromatic heterocycles. The highest BCUT2D eigenvalue weighted by atomic mass is 32.1. The first-order valence-corrected chi connectivity index (χ1v) is 8.78. The standard InChI is InChI=1S/C16H20N4O3S/c1-12-11-13(18-23-12)15(21)17-4-5-19-6-8-20(9-7-19)16(22)14-3-2-10-24-14/h2-3,10-11H,4-9H2,1H3,(H,17,21). The van der Waals surface area contributed by atoms with Gasteiger partial charge in [0.2, 0.25) is 0 Å². The van der Waals surface area contributed by atoms with Crippen molar-refractivity contribution in [2.75, 3.05) is 39.3 Å². The van der Waals surface area contributed by atoms with Gasteiger partial charge in [0.1, 0.15) is 5.76 Å². The zero-order valence-electron chi connectivity index (χ0n) is 13.5. The van der Waals surface area contributed by atoms with Crippen molar-refractivity contribution in [3.05, 3.63) is 39.9 Å². The molecule has 7 nitrogen and oxygen atoms in total. The molecule has 3 rings (SSSR count). The second-order valence-corrected chi connectivity index (χ2v) is 6.64. The molecule has 1 saturated heterocycles. The maximum absolute atomic E-state index is 12.3. The molecule has 1 fully saturated rings. The number of hydrogen-bond acceptors (Lipinski definition) is 6. The summed E-state index contributed by atoms with van der Waals surface area (Å²) in [6, 6.07) is 5.37. The second-order valence-electron chi connectivity index (χ2n) is 5.69. The van der Waals surface area contributed by atoms with E-state index in [0.717, 1.165) is 24.5 Å². The highest BCUT2D eigenvalue weighted by Gasteiger charge is 2.22. The minimum Gasteiger partial charge on any atom is -0.361 e. The van der Waals surface area contributed by atoms with Crippen molar-refractivity contribution >= 4 is 23.2 Å². The average Bonchev–Trinajstić information content (AvgIpc) is 3.26. The number of aromatic nitrogens is 1. The molecular formula is C16H20N4O3S. The molecule has 0 bridgehead atoms. The lowest BCUT2D eigenvalue weighted by molar-refractivity contribution is 0.0642. The molecule has 1 aliphatic heterocycles. The summed E-state index contributed by atoms with van der Waals surface area (Å²) in [4.78, 5) is 29.1. The molecule has 2 aromatic rings. The first-order chi connectivity index (χ1) is 11.6. The van der Waals surface area contributed by atoms with E-state index in [4.69, 9.17) is 4.52 Å². The number of nitrogens with one attached hydrogen (secondary N) is 1. The fourth-order valence-corrected chi connectivity index (χ4v) is 3.31. The summed E-state index contributed by atoms with van der Waals surface area (Å²) in [5, 5.41) is 8.44. The molecule has 8 heteroatoms. The SMILES string of the molecule is Cc1cc(C(=O)NCCN2CCN(C(=O)c3cccs3)CC2)no1. The molecular weight excluding hydrogens is 328 g/mol. The third-order valence-electron chi connectivity index (χ3n) is 3.97. The zero-order chi connectivity index (χ0) is 16.9. The van der Waals surface area contributed by atoms with Crippen LogP contribution in [0.1, 0.15) is 25.9 Å². The van der Waals surface area contributed by atoms with Gasteiger partial charge < -0.3 is 14.7 Å². The Morgan fingerprint density at radius 1 is 1.33 bits per heavy atom. The van der Waals surface area contributed by atoms with Crippen LogP contribution in [-0.4, -0.2) is 66.0 Å². The molecule has 0 radical (unpaired) electrons. The Kier molecular flexibility index (Phi) is 5.27. The van der Waals surface area contributed by atoms with E-state index in [1.54, 1.807) is 13.0 Å². The van der Waals surface area contributed by atoms with E-state index in [1.165, 1.54) is 11.3 Å². The summed E-state index contributed by atoms with van der Waals surface area (Å²) in [5.74, 6) is 0.504. The highest BCUT2D eigenvalue weighted by Crippen LogP contribution is 2.13. The van der Waals surface area contributed by atoms with Crippen LogP contribution < -0.4 is 5.32 Å². The number of amides is 2. The van der Waals surface area contributed by atoms with Crippen LogP contribution >= 0.6 is 11.3 Å². The lowest BCUT2D eigenvalue weighted by atomic mass is 10.3. The topological polar surface area (TPSA) is 78.7 Å². The Morgan fingerprint density at radius 2 is 2.12 bits per heavy atom. The summed E-state index contributed by atoms with van der Waals surface area (Å²) in [5.41, 5.74) is 0.305. The minimum absolute atomic E-state index is 0.111. The van der Waals surface area contributed by atoms with E-state index in [9.17, 15) is 9.59 Å². The summed E-state index contributed by atoms with van der Waals surface area (Å²) in [7, 11) is 0. The van der Waals surface area contributed by atoms with Crippen LogP contribution in [0.5, 0.6) is 0 Å². The number of aryl methyl sites for hydroxylation is 1. The molecule has 0 atom stereocenters. The van der Waals surface area contributed by atoms with E-state index in [2.05, 4.69) is 15.4 Å². The average molecular weight is 348 g/mol. The summed E-state index contributed by atoms with van der Waals surface area (Å²) in [6.07, 6.45) is 0. The third kappa shape index (κ3) is 4.01. The number of hydrogen-bond donors (Lipinski definition) is 1. The number of nitrogens with zero attached hydrogens (tertiary/aromatic N) is 3. The number of carbonyl (C=O) groups is 2. The molecule has 1 aliphatic rings. The predicted molar refractivity (Wildman–Crippen MR) is 90.2 cm³/mol. The van der Waals surface area contributed by atoms with E-state index < -0.39 is 0 Å². The summed E-state index contributed by atoms with van der Waals surface area (Å²) >= 11 is 1.48. The Hall–Kier alpha value is -2.19. The van der Waals surface area contributed by atoms with Crippen molar-refractivity contribution in [3.63, 3.8) is 0 Å². The van der Waals surface area contributed by atoms with E-state index in [1.807, 2.05) is 22.4 Å². The molecule has 0 spiro atoms. The summed E-state index contributed by atoms with van der Waals surface area (Å²) in [6.45, 7) is 6.11. The quantitative estimate of drug-likeness (QED) is 0.879. The minimum atomic E-state index is -0.224. The van der Waals surface area contributed by atoms with Crippen molar-refractivity contribution < 1.29 is 14.1 Å². The third-order valence-corrected chi connectivity index (χ3v) is 4.82. The molecule has 3 heterocycles. The fourth-order valence-electron chi connectivity index (χ4n) is 2.62. The molecule has 0 unspecified atom stereocenters. The molecule has 24 heavy (non-hydrogen) atoms. The number of piperazine rings is 1. The maximum atomic E-state index is 12.3. The van der Waals surface area contributed by atoms with Gasteiger partial charge in [0.15, 0.2) is 5.69 Å². The van der Waals surface area contributed by atoms with Crippen LogP contribution in [0.2, 0.25) is 0 Å². The van der Waals surface area contributed by atoms with Crippen LogP contribution in [0, 0.1) is 6.92 Å². The van der Waals surface area contributed by atoms with Gasteiger partial charge in [0.05, 0.1) is 4.88 Å². The van der Waals surface area contributed by atoms with Crippen LogP contribution in [0.25, 0.3) is 0 Å². The number of rotatable bonds is 5. The molecule has 0 saturated carbocycles. The first-order valence-electron chi connectivity index (χ1n) is 7.90. The Morgan fingerprint density at radius 3 is 2.75 bits per heavy atom. The fraction of sp³-hybridized carbons (Fsp3) is 0.438. The smallest absolute Gasteiger partial charge is 0.273 e. The van der Waals surface area contributed by atoms with Gasteiger partial charge in [0.25, 0.3) is 11.8 Å². The highest BCUT2D eigenvalue weighted by molar-refractivity contribution is 7.12. The van der Waals surface area contributed by atoms with Gasteiger partial charge in [-0.3, -0.25) is 14.5 Å². The Labute approximate surface area is 144 Å². The van der Waals surface area contributed by atoms with Crippen LogP contribution in [0.15, 0.2) is 28.1 Å². The van der Waals surface area contributed by atoms with Crippen molar-refractivity contribution in [1.82, 2.24) is 20.3 Å². The first kappa shape index (κ1) is 16.7. The van der Waals surface area contributed by atoms with Gasteiger partial charge in [-0.25, -0.2) is 0 Å². The van der Waals surface area contributed by atoms with Gasteiger partial charge in [-0.1, -0.05) is 11.2 Å². The predicted octanol–water partition coefficient (Wildman–Crippen LogP) is 1.23. The second kappa shape index (κ2) is 7.59. The van der Waals surface area contributed by atoms with Crippen LogP contribution in [-0.2, 0) is 0 Å². The zero-order valence-corrected chi connectivity index (χ0v) is 14.3. The lowest BCUT2D eigenvalue weighted by Gasteiger charge is -2.34. The van der Waals surface area contributed by atoms with E-state index in [-0.39, 0.29) is 11.8 Å². The largest absolute Gasteiger partial charge is 0.361 e. The Balaban J connectivity index is 1.38. The maximum Gasteiger partial charge on any atom is 0.273 e. The lowest BCUT2D eigenvalue weighted by Crippen LogP contribution is -2.50. The van der Waals surface area contributed by atoms with E-state index in [0.29, 0.717) is 31.1 Å². The Bertz CT molecular complexity index is 690. The molecule has 128 valence electrons. The van der Waals surface area contributed by atoms with Gasteiger partial charge in [-0.2, -0.15) is 0 Å².